The molecule has 2 heteroatoms. The maximum atomic E-state index is 4.28. The molecule has 1 fully saturated rings. The number of rotatable bonds is 0. The van der Waals surface area contributed by atoms with Crippen molar-refractivity contribution in [1.82, 2.24) is 5.32 Å². The quantitative estimate of drug-likeness (QED) is 0.420. The molecule has 43 valence electrons. The Bertz CT molecular complexity index is 108. The number of piperidine rings is 1. The van der Waals surface area contributed by atoms with Gasteiger partial charge in [0.05, 0.1) is 6.04 Å². The molecule has 1 radical (unpaired) electrons. The molecule has 2 unspecified atom stereocenters. The van der Waals surface area contributed by atoms with Crippen molar-refractivity contribution in [3.8, 4) is 0 Å². The lowest BCUT2D eigenvalue weighted by Gasteiger charge is -2.15. The standard InChI is InChI=1S/C6H9N2/c1-5-2-7-4-6(1)8-3-5/h3,5-6H,1-2,4H2. The van der Waals surface area contributed by atoms with Gasteiger partial charge in [-0.2, -0.15) is 0 Å². The molecule has 2 rings (SSSR count). The van der Waals surface area contributed by atoms with E-state index in [1.807, 2.05) is 0 Å². The average Bonchev–Trinajstić information content (AvgIpc) is 2.12. The van der Waals surface area contributed by atoms with Crippen LogP contribution in [0, 0.1) is 5.92 Å². The van der Waals surface area contributed by atoms with Crippen molar-refractivity contribution in [2.45, 2.75) is 12.5 Å². The van der Waals surface area contributed by atoms with Crippen LogP contribution < -0.4 is 5.32 Å². The maximum Gasteiger partial charge on any atom is 0.0643 e. The van der Waals surface area contributed by atoms with E-state index < -0.39 is 0 Å². The second kappa shape index (κ2) is 1.55. The third kappa shape index (κ3) is 0.564. The Balaban J connectivity index is 2.13. The van der Waals surface area contributed by atoms with Crippen LogP contribution in [0.1, 0.15) is 6.42 Å². The lowest BCUT2D eigenvalue weighted by Crippen LogP contribution is -2.29. The van der Waals surface area contributed by atoms with Crippen LogP contribution in [0.2, 0.25) is 0 Å². The van der Waals surface area contributed by atoms with Gasteiger partial charge in [0, 0.05) is 25.2 Å². The highest BCUT2D eigenvalue weighted by Crippen LogP contribution is 2.18. The predicted molar refractivity (Wildman–Crippen MR) is 32.3 cm³/mol. The summed E-state index contributed by atoms with van der Waals surface area (Å²) in [5.41, 5.74) is 0. The lowest BCUT2D eigenvalue weighted by atomic mass is 10.0. The van der Waals surface area contributed by atoms with E-state index in [4.69, 9.17) is 0 Å². The second-order valence-electron chi connectivity index (χ2n) is 2.54. The molecule has 2 nitrogen and oxygen atoms in total. The van der Waals surface area contributed by atoms with Gasteiger partial charge in [0.25, 0.3) is 0 Å². The fourth-order valence-electron chi connectivity index (χ4n) is 1.35. The number of aliphatic imine (C=N–C) groups is 1. The van der Waals surface area contributed by atoms with Gasteiger partial charge in [-0.05, 0) is 6.42 Å². The van der Waals surface area contributed by atoms with Crippen molar-refractivity contribution in [2.75, 3.05) is 13.1 Å². The molecule has 2 bridgehead atoms. The largest absolute Gasteiger partial charge is 0.292 e. The topological polar surface area (TPSA) is 26.5 Å². The molecule has 2 heterocycles. The molecule has 2 aliphatic rings. The molecular weight excluding hydrogens is 100 g/mol. The van der Waals surface area contributed by atoms with E-state index in [9.17, 15) is 0 Å². The fourth-order valence-corrected chi connectivity index (χ4v) is 1.35. The van der Waals surface area contributed by atoms with Crippen molar-refractivity contribution >= 4 is 6.21 Å². The molecule has 0 N–H and O–H groups in total. The Labute approximate surface area is 49.0 Å². The fraction of sp³-hybridized carbons (Fsp3) is 0.833. The zero-order valence-electron chi connectivity index (χ0n) is 4.75. The van der Waals surface area contributed by atoms with Gasteiger partial charge in [-0.3, -0.25) is 4.99 Å². The zero-order chi connectivity index (χ0) is 5.40. The third-order valence-electron chi connectivity index (χ3n) is 1.79. The first kappa shape index (κ1) is 4.50. The van der Waals surface area contributed by atoms with Crippen molar-refractivity contribution < 1.29 is 0 Å². The van der Waals surface area contributed by atoms with Crippen LogP contribution in [-0.4, -0.2) is 25.3 Å². The van der Waals surface area contributed by atoms with Crippen LogP contribution in [0.4, 0.5) is 0 Å². The molecule has 1 saturated heterocycles. The normalized spacial score (nSPS) is 43.0. The van der Waals surface area contributed by atoms with E-state index in [-0.39, 0.29) is 0 Å². The molecule has 8 heavy (non-hydrogen) atoms. The molecule has 2 aliphatic heterocycles. The minimum absolute atomic E-state index is 0.564. The lowest BCUT2D eigenvalue weighted by molar-refractivity contribution is 0.438. The predicted octanol–water partition coefficient (Wildman–Crippen LogP) is 0.0637. The highest BCUT2D eigenvalue weighted by atomic mass is 15.0. The third-order valence-corrected chi connectivity index (χ3v) is 1.79. The maximum absolute atomic E-state index is 4.28. The van der Waals surface area contributed by atoms with Gasteiger partial charge in [0.1, 0.15) is 0 Å². The smallest absolute Gasteiger partial charge is 0.0643 e. The van der Waals surface area contributed by atoms with Crippen LogP contribution in [0.5, 0.6) is 0 Å². The van der Waals surface area contributed by atoms with E-state index in [0.29, 0.717) is 12.0 Å². The van der Waals surface area contributed by atoms with Crippen LogP contribution in [0.25, 0.3) is 0 Å². The molecule has 0 aromatic carbocycles. The Morgan fingerprint density at radius 1 is 1.38 bits per heavy atom. The molecule has 0 aromatic heterocycles. The summed E-state index contributed by atoms with van der Waals surface area (Å²) in [4.78, 5) is 4.28. The summed E-state index contributed by atoms with van der Waals surface area (Å²) in [6, 6.07) is 0.564. The average molecular weight is 109 g/mol. The van der Waals surface area contributed by atoms with Crippen LogP contribution in [-0.2, 0) is 0 Å². The monoisotopic (exact) mass is 109 g/mol. The van der Waals surface area contributed by atoms with Crippen LogP contribution in [0.3, 0.4) is 0 Å². The Morgan fingerprint density at radius 2 is 2.38 bits per heavy atom. The summed E-state index contributed by atoms with van der Waals surface area (Å²) in [6.07, 6.45) is 3.34. The van der Waals surface area contributed by atoms with Gasteiger partial charge >= 0.3 is 0 Å². The SMILES string of the molecule is C1=NC2C[N]CC1C2. The minimum Gasteiger partial charge on any atom is -0.292 e. The minimum atomic E-state index is 0.564. The van der Waals surface area contributed by atoms with E-state index in [1.165, 1.54) is 6.42 Å². The Hall–Kier alpha value is -0.370. The summed E-state index contributed by atoms with van der Waals surface area (Å²) < 4.78 is 0. The number of hydrogen-bond donors (Lipinski definition) is 0. The summed E-state index contributed by atoms with van der Waals surface area (Å²) in [6.45, 7) is 2.01. The molecule has 0 spiro atoms. The van der Waals surface area contributed by atoms with Gasteiger partial charge in [0.15, 0.2) is 0 Å². The van der Waals surface area contributed by atoms with Crippen molar-refractivity contribution in [3.05, 3.63) is 0 Å². The highest BCUT2D eigenvalue weighted by Gasteiger charge is 2.24. The zero-order valence-corrected chi connectivity index (χ0v) is 4.75. The molecule has 2 atom stereocenters. The van der Waals surface area contributed by atoms with Crippen molar-refractivity contribution in [3.63, 3.8) is 0 Å². The number of fused-ring (bicyclic) bond motifs is 2. The Morgan fingerprint density at radius 3 is 3.12 bits per heavy atom. The van der Waals surface area contributed by atoms with Gasteiger partial charge in [-0.15, -0.1) is 0 Å². The first-order valence-corrected chi connectivity index (χ1v) is 3.12. The van der Waals surface area contributed by atoms with Crippen molar-refractivity contribution in [1.29, 1.82) is 0 Å². The molecule has 0 amide bonds. The summed E-state index contributed by atoms with van der Waals surface area (Å²) in [5, 5.41) is 4.28. The number of nitrogens with zero attached hydrogens (tertiary/aromatic N) is 2. The summed E-state index contributed by atoms with van der Waals surface area (Å²) in [7, 11) is 0. The highest BCUT2D eigenvalue weighted by molar-refractivity contribution is 5.64. The van der Waals surface area contributed by atoms with E-state index in [0.717, 1.165) is 13.1 Å². The first-order valence-electron chi connectivity index (χ1n) is 3.12. The van der Waals surface area contributed by atoms with Gasteiger partial charge in [-0.1, -0.05) is 0 Å². The molecule has 0 aliphatic carbocycles. The van der Waals surface area contributed by atoms with Gasteiger partial charge < -0.3 is 0 Å². The molecule has 0 saturated carbocycles. The van der Waals surface area contributed by atoms with Crippen LogP contribution >= 0.6 is 0 Å². The van der Waals surface area contributed by atoms with Crippen molar-refractivity contribution in [2.24, 2.45) is 10.9 Å². The van der Waals surface area contributed by atoms with E-state index >= 15 is 0 Å². The van der Waals surface area contributed by atoms with E-state index in [1.54, 1.807) is 0 Å². The summed E-state index contributed by atoms with van der Waals surface area (Å²) in [5.74, 6) is 0.703. The van der Waals surface area contributed by atoms with Gasteiger partial charge in [-0.25, -0.2) is 5.32 Å². The molecule has 0 aromatic rings. The second-order valence-corrected chi connectivity index (χ2v) is 2.54. The first-order chi connectivity index (χ1) is 3.95. The Kier molecular flexibility index (Phi) is 0.875. The van der Waals surface area contributed by atoms with Gasteiger partial charge in [0.2, 0.25) is 0 Å². The molecular formula is C6H9N2. The number of hydrogen-bond acceptors (Lipinski definition) is 1. The summed E-state index contributed by atoms with van der Waals surface area (Å²) >= 11 is 0. The van der Waals surface area contributed by atoms with E-state index in [2.05, 4.69) is 16.5 Å². The van der Waals surface area contributed by atoms with Crippen LogP contribution in [0.15, 0.2) is 4.99 Å².